The fourth-order valence-corrected chi connectivity index (χ4v) is 5.72. The lowest BCUT2D eigenvalue weighted by Crippen LogP contribution is -2.44. The van der Waals surface area contributed by atoms with Gasteiger partial charge in [-0.15, -0.1) is 0 Å². The third-order valence-electron chi connectivity index (χ3n) is 5.96. The molecule has 1 N–H and O–H groups in total. The van der Waals surface area contributed by atoms with Crippen molar-refractivity contribution in [1.82, 2.24) is 9.88 Å². The molecule has 0 saturated heterocycles. The van der Waals surface area contributed by atoms with E-state index < -0.39 is 6.04 Å². The number of halogens is 1. The zero-order chi connectivity index (χ0) is 24.4. The van der Waals surface area contributed by atoms with Crippen molar-refractivity contribution in [3.8, 4) is 0 Å². The molecule has 1 aromatic heterocycles. The summed E-state index contributed by atoms with van der Waals surface area (Å²) in [6, 6.07) is 12.6. The Hall–Kier alpha value is -2.48. The van der Waals surface area contributed by atoms with Gasteiger partial charge in [-0.3, -0.25) is 14.5 Å². The number of fused-ring (bicyclic) bond motifs is 3. The van der Waals surface area contributed by atoms with Crippen LogP contribution in [0.1, 0.15) is 37.4 Å². The Morgan fingerprint density at radius 1 is 1.26 bits per heavy atom. The maximum Gasteiger partial charge on any atom is 0.247 e. The highest BCUT2D eigenvalue weighted by Gasteiger charge is 2.40. The quantitative estimate of drug-likeness (QED) is 0.451. The summed E-state index contributed by atoms with van der Waals surface area (Å²) in [7, 11) is 1.99. The van der Waals surface area contributed by atoms with E-state index in [0.29, 0.717) is 30.3 Å². The normalized spacial score (nSPS) is 16.1. The number of aryl methyl sites for hydroxylation is 2. The predicted octanol–water partition coefficient (Wildman–Crippen LogP) is 5.25. The summed E-state index contributed by atoms with van der Waals surface area (Å²) in [4.78, 5) is 28.9. The molecule has 34 heavy (non-hydrogen) atoms. The molecule has 2 amide bonds. The number of hydrogen-bond acceptors (Lipinski definition) is 4. The number of aromatic nitrogens is 1. The first-order chi connectivity index (χ1) is 16.3. The highest BCUT2D eigenvalue weighted by Crippen LogP contribution is 2.44. The van der Waals surface area contributed by atoms with Crippen LogP contribution in [0.15, 0.2) is 47.5 Å². The van der Waals surface area contributed by atoms with Crippen molar-refractivity contribution < 1.29 is 14.3 Å². The molecular formula is C26H30ClN3O3S. The fraction of sp³-hybridized carbons (Fsp3) is 0.385. The van der Waals surface area contributed by atoms with Gasteiger partial charge in [0.2, 0.25) is 11.8 Å². The lowest BCUT2D eigenvalue weighted by atomic mass is 10.0. The summed E-state index contributed by atoms with van der Waals surface area (Å²) < 4.78 is 7.69. The van der Waals surface area contributed by atoms with Gasteiger partial charge in [0.15, 0.2) is 0 Å². The number of hydrogen-bond donors (Lipinski definition) is 1. The van der Waals surface area contributed by atoms with Gasteiger partial charge in [0.25, 0.3) is 0 Å². The van der Waals surface area contributed by atoms with Crippen molar-refractivity contribution in [3.63, 3.8) is 0 Å². The van der Waals surface area contributed by atoms with Crippen molar-refractivity contribution in [2.75, 3.05) is 23.8 Å². The Labute approximate surface area is 209 Å². The standard InChI is InChI=1S/C26H30ClN3O3S/c1-16(2)33-13-7-12-28-25(32)24-23-19-8-5-6-9-21(19)29(4)26(23)34-15-22(31)30(24)20-11-10-18(27)14-17(20)3/h5-6,8-11,14,16,24H,7,12-13,15H2,1-4H3,(H,28,32). The third-order valence-corrected chi connectivity index (χ3v) is 7.36. The monoisotopic (exact) mass is 499 g/mol. The van der Waals surface area contributed by atoms with Gasteiger partial charge < -0.3 is 14.6 Å². The lowest BCUT2D eigenvalue weighted by Gasteiger charge is -2.31. The maximum absolute atomic E-state index is 13.8. The molecule has 6 nitrogen and oxygen atoms in total. The minimum Gasteiger partial charge on any atom is -0.379 e. The Morgan fingerprint density at radius 3 is 2.76 bits per heavy atom. The SMILES string of the molecule is Cc1cc(Cl)ccc1N1C(=O)CSc2c(c3ccccc3n2C)C1C(=O)NCCCOC(C)C. The molecule has 0 aliphatic carbocycles. The van der Waals surface area contributed by atoms with Crippen molar-refractivity contribution in [3.05, 3.63) is 58.6 Å². The largest absolute Gasteiger partial charge is 0.379 e. The second-order valence-electron chi connectivity index (χ2n) is 8.74. The van der Waals surface area contributed by atoms with Crippen LogP contribution >= 0.6 is 23.4 Å². The van der Waals surface area contributed by atoms with Crippen molar-refractivity contribution in [1.29, 1.82) is 0 Å². The summed E-state index contributed by atoms with van der Waals surface area (Å²) in [6.45, 7) is 6.92. The van der Waals surface area contributed by atoms with Gasteiger partial charge in [0.1, 0.15) is 6.04 Å². The fourth-order valence-electron chi connectivity index (χ4n) is 4.42. The number of ether oxygens (including phenoxy) is 1. The smallest absolute Gasteiger partial charge is 0.247 e. The molecular weight excluding hydrogens is 470 g/mol. The molecule has 1 aliphatic rings. The number of amides is 2. The average Bonchev–Trinajstić information content (AvgIpc) is 2.97. The Balaban J connectivity index is 1.79. The van der Waals surface area contributed by atoms with Crippen LogP contribution in [0.3, 0.4) is 0 Å². The second kappa shape index (κ2) is 10.4. The number of rotatable bonds is 7. The summed E-state index contributed by atoms with van der Waals surface area (Å²) in [5, 5.41) is 5.57. The summed E-state index contributed by atoms with van der Waals surface area (Å²) in [5.41, 5.74) is 3.43. The number of para-hydroxylation sites is 1. The van der Waals surface area contributed by atoms with Crippen LogP contribution in [0, 0.1) is 6.92 Å². The van der Waals surface area contributed by atoms with Crippen molar-refractivity contribution in [2.24, 2.45) is 7.05 Å². The minimum absolute atomic E-state index is 0.112. The Bertz CT molecular complexity index is 1220. The summed E-state index contributed by atoms with van der Waals surface area (Å²) >= 11 is 7.68. The highest BCUT2D eigenvalue weighted by molar-refractivity contribution is 8.00. The number of thioether (sulfide) groups is 1. The molecule has 0 saturated carbocycles. The molecule has 0 fully saturated rings. The Kier molecular flexibility index (Phi) is 7.55. The van der Waals surface area contributed by atoms with Crippen molar-refractivity contribution in [2.45, 2.75) is 44.4 Å². The van der Waals surface area contributed by atoms with Crippen LogP contribution in [0.5, 0.6) is 0 Å². The van der Waals surface area contributed by atoms with Crippen molar-refractivity contribution >= 4 is 51.8 Å². The zero-order valence-electron chi connectivity index (χ0n) is 19.9. The molecule has 2 heterocycles. The van der Waals surface area contributed by atoms with E-state index in [1.807, 2.05) is 64.2 Å². The van der Waals surface area contributed by atoms with Gasteiger partial charge >= 0.3 is 0 Å². The van der Waals surface area contributed by atoms with Gasteiger partial charge in [-0.05, 0) is 57.0 Å². The number of carbonyl (C=O) groups is 2. The third kappa shape index (κ3) is 4.83. The van der Waals surface area contributed by atoms with E-state index in [9.17, 15) is 9.59 Å². The van der Waals surface area contributed by atoms with Crippen LogP contribution < -0.4 is 10.2 Å². The molecule has 1 atom stereocenters. The molecule has 8 heteroatoms. The van der Waals surface area contributed by atoms with E-state index in [-0.39, 0.29) is 23.7 Å². The molecule has 0 radical (unpaired) electrons. The molecule has 1 aliphatic heterocycles. The maximum atomic E-state index is 13.8. The van der Waals surface area contributed by atoms with E-state index >= 15 is 0 Å². The molecule has 0 bridgehead atoms. The number of carbonyl (C=O) groups excluding carboxylic acids is 2. The van der Waals surface area contributed by atoms with E-state index in [1.165, 1.54) is 11.8 Å². The molecule has 4 rings (SSSR count). The van der Waals surface area contributed by atoms with Gasteiger partial charge in [0, 0.05) is 47.4 Å². The molecule has 2 aromatic carbocycles. The highest BCUT2D eigenvalue weighted by atomic mass is 35.5. The number of nitrogens with zero attached hydrogens (tertiary/aromatic N) is 2. The second-order valence-corrected chi connectivity index (χ2v) is 10.1. The van der Waals surface area contributed by atoms with Gasteiger partial charge in [-0.2, -0.15) is 0 Å². The predicted molar refractivity (Wildman–Crippen MR) is 139 cm³/mol. The minimum atomic E-state index is -0.797. The van der Waals surface area contributed by atoms with Crippen LogP contribution in [-0.4, -0.2) is 41.4 Å². The number of anilines is 1. The van der Waals surface area contributed by atoms with E-state index in [0.717, 1.165) is 27.1 Å². The lowest BCUT2D eigenvalue weighted by molar-refractivity contribution is -0.125. The molecule has 0 spiro atoms. The number of nitrogens with one attached hydrogen (secondary N) is 1. The first-order valence-corrected chi connectivity index (χ1v) is 12.8. The molecule has 180 valence electrons. The zero-order valence-corrected chi connectivity index (χ0v) is 21.5. The van der Waals surface area contributed by atoms with E-state index in [2.05, 4.69) is 9.88 Å². The first kappa shape index (κ1) is 24.6. The summed E-state index contributed by atoms with van der Waals surface area (Å²) in [6.07, 6.45) is 0.843. The van der Waals surface area contributed by atoms with Crippen LogP contribution in [0.2, 0.25) is 5.02 Å². The van der Waals surface area contributed by atoms with Crippen LogP contribution in [-0.2, 0) is 21.4 Å². The Morgan fingerprint density at radius 2 is 2.03 bits per heavy atom. The topological polar surface area (TPSA) is 63.6 Å². The first-order valence-electron chi connectivity index (χ1n) is 11.5. The van der Waals surface area contributed by atoms with Gasteiger partial charge in [-0.25, -0.2) is 0 Å². The van der Waals surface area contributed by atoms with Gasteiger partial charge in [-0.1, -0.05) is 41.6 Å². The van der Waals surface area contributed by atoms with Gasteiger partial charge in [0.05, 0.1) is 16.9 Å². The number of benzene rings is 2. The van der Waals surface area contributed by atoms with Crippen LogP contribution in [0.25, 0.3) is 10.9 Å². The summed E-state index contributed by atoms with van der Waals surface area (Å²) in [5.74, 6) is -0.0723. The molecule has 1 unspecified atom stereocenters. The van der Waals surface area contributed by atoms with Crippen LogP contribution in [0.4, 0.5) is 5.69 Å². The molecule has 3 aromatic rings. The van der Waals surface area contributed by atoms with E-state index in [4.69, 9.17) is 16.3 Å². The average molecular weight is 500 g/mol. The van der Waals surface area contributed by atoms with E-state index in [1.54, 1.807) is 11.0 Å².